The molecule has 0 aliphatic heterocycles. The minimum Gasteiger partial charge on any atom is -0.315 e. The number of amides is 2. The molecule has 0 saturated carbocycles. The molecule has 2 aromatic carbocycles. The number of benzene rings is 2. The number of anilines is 1. The van der Waals surface area contributed by atoms with Crippen molar-refractivity contribution in [2.45, 2.75) is 6.92 Å². The molecule has 2 aromatic rings. The molecule has 0 saturated heterocycles. The predicted octanol–water partition coefficient (Wildman–Crippen LogP) is 2.22. The fraction of sp³-hybridized carbons (Fsp3) is 0.0625. The standard InChI is InChI=1S/C16H14FN3O2/c1-11-6-2-3-7-12(11)10-18-20-16(22)15(21)19-14-9-5-4-8-13(14)17/h2-10H,1H3,(H,19,21)(H,20,22)/b18-10-. The Morgan fingerprint density at radius 3 is 2.45 bits per heavy atom. The summed E-state index contributed by atoms with van der Waals surface area (Å²) in [7, 11) is 0. The second-order valence-electron chi connectivity index (χ2n) is 4.49. The van der Waals surface area contributed by atoms with Crippen molar-refractivity contribution in [2.75, 3.05) is 5.32 Å². The van der Waals surface area contributed by atoms with Gasteiger partial charge in [-0.2, -0.15) is 5.10 Å². The molecule has 0 aromatic heterocycles. The topological polar surface area (TPSA) is 70.6 Å². The second kappa shape index (κ2) is 7.12. The van der Waals surface area contributed by atoms with Crippen molar-refractivity contribution in [1.82, 2.24) is 5.43 Å². The van der Waals surface area contributed by atoms with Crippen LogP contribution >= 0.6 is 0 Å². The summed E-state index contributed by atoms with van der Waals surface area (Å²) >= 11 is 0. The van der Waals surface area contributed by atoms with Crippen LogP contribution in [0.2, 0.25) is 0 Å². The van der Waals surface area contributed by atoms with Crippen LogP contribution in [0, 0.1) is 12.7 Å². The highest BCUT2D eigenvalue weighted by molar-refractivity contribution is 6.39. The van der Waals surface area contributed by atoms with Crippen LogP contribution in [0.15, 0.2) is 53.6 Å². The smallest absolute Gasteiger partial charge is 0.315 e. The van der Waals surface area contributed by atoms with E-state index in [1.54, 1.807) is 6.07 Å². The normalized spacial score (nSPS) is 10.5. The number of para-hydroxylation sites is 1. The third-order valence-electron chi connectivity index (χ3n) is 2.89. The third kappa shape index (κ3) is 3.99. The first-order valence-electron chi connectivity index (χ1n) is 6.52. The van der Waals surface area contributed by atoms with Crippen molar-refractivity contribution in [3.05, 3.63) is 65.5 Å². The molecule has 2 rings (SSSR count). The van der Waals surface area contributed by atoms with E-state index in [4.69, 9.17) is 0 Å². The van der Waals surface area contributed by atoms with Gasteiger partial charge in [-0.05, 0) is 30.2 Å². The average Bonchev–Trinajstić information content (AvgIpc) is 2.51. The van der Waals surface area contributed by atoms with E-state index in [2.05, 4.69) is 15.8 Å². The molecule has 0 radical (unpaired) electrons. The Balaban J connectivity index is 1.94. The Kier molecular flexibility index (Phi) is 4.98. The molecule has 0 aliphatic rings. The summed E-state index contributed by atoms with van der Waals surface area (Å²) in [4.78, 5) is 23.2. The predicted molar refractivity (Wildman–Crippen MR) is 81.9 cm³/mol. The first-order chi connectivity index (χ1) is 10.6. The Morgan fingerprint density at radius 1 is 1.05 bits per heavy atom. The Hall–Kier alpha value is -3.02. The molecule has 0 heterocycles. The highest BCUT2D eigenvalue weighted by Crippen LogP contribution is 2.11. The van der Waals surface area contributed by atoms with Gasteiger partial charge in [0, 0.05) is 0 Å². The molecular weight excluding hydrogens is 285 g/mol. The van der Waals surface area contributed by atoms with E-state index in [9.17, 15) is 14.0 Å². The van der Waals surface area contributed by atoms with Crippen LogP contribution in [0.5, 0.6) is 0 Å². The number of carbonyl (C=O) groups excluding carboxylic acids is 2. The Bertz CT molecular complexity index is 729. The van der Waals surface area contributed by atoms with Crippen LogP contribution in [0.3, 0.4) is 0 Å². The first kappa shape index (κ1) is 15.4. The van der Waals surface area contributed by atoms with Crippen molar-refractivity contribution in [3.8, 4) is 0 Å². The number of hydrogen-bond acceptors (Lipinski definition) is 3. The molecule has 0 bridgehead atoms. The van der Waals surface area contributed by atoms with Gasteiger partial charge < -0.3 is 5.32 Å². The maximum Gasteiger partial charge on any atom is 0.329 e. The van der Waals surface area contributed by atoms with Gasteiger partial charge in [0.15, 0.2) is 0 Å². The molecule has 112 valence electrons. The van der Waals surface area contributed by atoms with Gasteiger partial charge in [0.25, 0.3) is 0 Å². The molecule has 5 nitrogen and oxygen atoms in total. The molecule has 22 heavy (non-hydrogen) atoms. The molecule has 0 unspecified atom stereocenters. The zero-order chi connectivity index (χ0) is 15.9. The van der Waals surface area contributed by atoms with Gasteiger partial charge in [-0.25, -0.2) is 9.82 Å². The lowest BCUT2D eigenvalue weighted by Gasteiger charge is -2.04. The number of halogens is 1. The largest absolute Gasteiger partial charge is 0.329 e. The van der Waals surface area contributed by atoms with Crippen LogP contribution in [0.1, 0.15) is 11.1 Å². The van der Waals surface area contributed by atoms with Crippen LogP contribution in [0.4, 0.5) is 10.1 Å². The summed E-state index contributed by atoms with van der Waals surface area (Å²) in [5, 5.41) is 5.88. The van der Waals surface area contributed by atoms with Crippen molar-refractivity contribution in [3.63, 3.8) is 0 Å². The van der Waals surface area contributed by atoms with Crippen molar-refractivity contribution in [2.24, 2.45) is 5.10 Å². The van der Waals surface area contributed by atoms with E-state index >= 15 is 0 Å². The SMILES string of the molecule is Cc1ccccc1/C=N\NC(=O)C(=O)Nc1ccccc1F. The van der Waals surface area contributed by atoms with Gasteiger partial charge >= 0.3 is 11.8 Å². The molecule has 0 atom stereocenters. The lowest BCUT2D eigenvalue weighted by molar-refractivity contribution is -0.136. The molecule has 0 spiro atoms. The van der Waals surface area contributed by atoms with E-state index in [1.165, 1.54) is 24.4 Å². The maximum absolute atomic E-state index is 13.4. The number of hydrazone groups is 1. The first-order valence-corrected chi connectivity index (χ1v) is 6.52. The summed E-state index contributed by atoms with van der Waals surface area (Å²) in [6.45, 7) is 1.90. The fourth-order valence-electron chi connectivity index (χ4n) is 1.68. The van der Waals surface area contributed by atoms with Crippen molar-refractivity contribution >= 4 is 23.7 Å². The molecular formula is C16H14FN3O2. The van der Waals surface area contributed by atoms with E-state index in [1.807, 2.05) is 31.2 Å². The van der Waals surface area contributed by atoms with E-state index < -0.39 is 17.6 Å². The molecule has 2 N–H and O–H groups in total. The number of nitrogens with one attached hydrogen (secondary N) is 2. The Morgan fingerprint density at radius 2 is 1.73 bits per heavy atom. The summed E-state index contributed by atoms with van der Waals surface area (Å²) < 4.78 is 13.4. The second-order valence-corrected chi connectivity index (χ2v) is 4.49. The van der Waals surface area contributed by atoms with Gasteiger partial charge in [0.2, 0.25) is 0 Å². The zero-order valence-electron chi connectivity index (χ0n) is 11.8. The molecule has 0 aliphatic carbocycles. The number of nitrogens with zero attached hydrogens (tertiary/aromatic N) is 1. The minimum absolute atomic E-state index is 0.0643. The number of hydrogen-bond donors (Lipinski definition) is 2. The van der Waals surface area contributed by atoms with Gasteiger partial charge in [-0.1, -0.05) is 36.4 Å². The zero-order valence-corrected chi connectivity index (χ0v) is 11.8. The molecule has 0 fully saturated rings. The van der Waals surface area contributed by atoms with E-state index in [0.29, 0.717) is 0 Å². The van der Waals surface area contributed by atoms with Crippen LogP contribution in [-0.4, -0.2) is 18.0 Å². The summed E-state index contributed by atoms with van der Waals surface area (Å²) in [5.74, 6) is -2.59. The maximum atomic E-state index is 13.4. The Labute approximate surface area is 126 Å². The number of carbonyl (C=O) groups is 2. The lowest BCUT2D eigenvalue weighted by Crippen LogP contribution is -2.32. The van der Waals surface area contributed by atoms with Crippen LogP contribution in [-0.2, 0) is 9.59 Å². The molecule has 2 amide bonds. The van der Waals surface area contributed by atoms with Crippen molar-refractivity contribution in [1.29, 1.82) is 0 Å². The highest BCUT2D eigenvalue weighted by Gasteiger charge is 2.14. The van der Waals surface area contributed by atoms with Gasteiger partial charge in [-0.3, -0.25) is 9.59 Å². The highest BCUT2D eigenvalue weighted by atomic mass is 19.1. The monoisotopic (exact) mass is 299 g/mol. The molecule has 6 heteroatoms. The third-order valence-corrected chi connectivity index (χ3v) is 2.89. The van der Waals surface area contributed by atoms with Crippen LogP contribution < -0.4 is 10.7 Å². The lowest BCUT2D eigenvalue weighted by atomic mass is 10.1. The minimum atomic E-state index is -0.993. The van der Waals surface area contributed by atoms with E-state index in [-0.39, 0.29) is 5.69 Å². The summed E-state index contributed by atoms with van der Waals surface area (Å²) in [6, 6.07) is 13.0. The van der Waals surface area contributed by atoms with E-state index in [0.717, 1.165) is 11.1 Å². The fourth-order valence-corrected chi connectivity index (χ4v) is 1.68. The van der Waals surface area contributed by atoms with Crippen LogP contribution in [0.25, 0.3) is 0 Å². The number of aryl methyl sites for hydroxylation is 1. The quantitative estimate of drug-likeness (QED) is 0.518. The summed E-state index contributed by atoms with van der Waals surface area (Å²) in [6.07, 6.45) is 1.43. The van der Waals surface area contributed by atoms with Gasteiger partial charge in [-0.15, -0.1) is 0 Å². The van der Waals surface area contributed by atoms with Gasteiger partial charge in [0.1, 0.15) is 5.82 Å². The van der Waals surface area contributed by atoms with Gasteiger partial charge in [0.05, 0.1) is 11.9 Å². The van der Waals surface area contributed by atoms with Crippen molar-refractivity contribution < 1.29 is 14.0 Å². The summed E-state index contributed by atoms with van der Waals surface area (Å²) in [5.41, 5.74) is 3.83. The number of rotatable bonds is 3. The average molecular weight is 299 g/mol.